The largest absolute Gasteiger partial charge is 0.457 e. The number of nitrogens with zero attached hydrogens (tertiary/aromatic N) is 1. The van der Waals surface area contributed by atoms with Gasteiger partial charge in [0.15, 0.2) is 0 Å². The van der Waals surface area contributed by atoms with Gasteiger partial charge in [0.1, 0.15) is 11.5 Å². The SMILES string of the molecule is O=C(NCCN1CCOCC1)c1ccc(NC(=O)c2ccc(Oc3ccccc3)cc2)cc1. The molecule has 0 radical (unpaired) electrons. The van der Waals surface area contributed by atoms with E-state index in [9.17, 15) is 9.59 Å². The van der Waals surface area contributed by atoms with Crippen molar-refractivity contribution in [3.63, 3.8) is 0 Å². The van der Waals surface area contributed by atoms with Crippen molar-refractivity contribution in [2.45, 2.75) is 0 Å². The van der Waals surface area contributed by atoms with Gasteiger partial charge in [0.25, 0.3) is 11.8 Å². The molecule has 0 aromatic heterocycles. The highest BCUT2D eigenvalue weighted by Crippen LogP contribution is 2.21. The Kier molecular flexibility index (Phi) is 7.68. The first-order valence-corrected chi connectivity index (χ1v) is 11.0. The van der Waals surface area contributed by atoms with Crippen LogP contribution in [0.1, 0.15) is 20.7 Å². The number of carbonyl (C=O) groups is 2. The average molecular weight is 446 g/mol. The summed E-state index contributed by atoms with van der Waals surface area (Å²) in [5.74, 6) is 1.03. The fourth-order valence-electron chi connectivity index (χ4n) is 3.46. The Balaban J connectivity index is 1.25. The fourth-order valence-corrected chi connectivity index (χ4v) is 3.46. The van der Waals surface area contributed by atoms with Gasteiger partial charge in [0, 0.05) is 43.0 Å². The first-order valence-electron chi connectivity index (χ1n) is 11.0. The van der Waals surface area contributed by atoms with Crippen LogP contribution in [0.3, 0.4) is 0 Å². The molecule has 0 spiro atoms. The normalized spacial score (nSPS) is 13.8. The van der Waals surface area contributed by atoms with Crippen LogP contribution in [0.15, 0.2) is 78.9 Å². The Bertz CT molecular complexity index is 1050. The molecule has 2 amide bonds. The van der Waals surface area contributed by atoms with Crippen LogP contribution in [0.4, 0.5) is 5.69 Å². The zero-order valence-corrected chi connectivity index (χ0v) is 18.3. The third-order valence-corrected chi connectivity index (χ3v) is 5.32. The quantitative estimate of drug-likeness (QED) is 0.552. The molecule has 1 saturated heterocycles. The topological polar surface area (TPSA) is 79.9 Å². The van der Waals surface area contributed by atoms with Crippen molar-refractivity contribution in [2.24, 2.45) is 0 Å². The van der Waals surface area contributed by atoms with E-state index in [1.54, 1.807) is 48.5 Å². The molecular formula is C26H27N3O4. The number of carbonyl (C=O) groups excluding carboxylic acids is 2. The van der Waals surface area contributed by atoms with Gasteiger partial charge < -0.3 is 20.1 Å². The smallest absolute Gasteiger partial charge is 0.255 e. The van der Waals surface area contributed by atoms with Crippen molar-refractivity contribution in [1.82, 2.24) is 10.2 Å². The Labute approximate surface area is 193 Å². The number of morpholine rings is 1. The molecule has 1 heterocycles. The van der Waals surface area contributed by atoms with E-state index in [-0.39, 0.29) is 11.8 Å². The highest BCUT2D eigenvalue weighted by Gasteiger charge is 2.12. The molecule has 0 atom stereocenters. The molecular weight excluding hydrogens is 418 g/mol. The van der Waals surface area contributed by atoms with Gasteiger partial charge in [-0.2, -0.15) is 0 Å². The maximum absolute atomic E-state index is 12.5. The van der Waals surface area contributed by atoms with Crippen molar-refractivity contribution >= 4 is 17.5 Å². The lowest BCUT2D eigenvalue weighted by Gasteiger charge is -2.26. The third-order valence-electron chi connectivity index (χ3n) is 5.32. The summed E-state index contributed by atoms with van der Waals surface area (Å²) in [5.41, 5.74) is 1.69. The number of amides is 2. The Morgan fingerprint density at radius 1 is 0.788 bits per heavy atom. The number of anilines is 1. The molecule has 0 unspecified atom stereocenters. The average Bonchev–Trinajstić information content (AvgIpc) is 2.86. The van der Waals surface area contributed by atoms with Crippen molar-refractivity contribution in [1.29, 1.82) is 0 Å². The second-order valence-electron chi connectivity index (χ2n) is 7.68. The zero-order chi connectivity index (χ0) is 22.9. The highest BCUT2D eigenvalue weighted by atomic mass is 16.5. The number of ether oxygens (including phenoxy) is 2. The Morgan fingerprint density at radius 2 is 1.39 bits per heavy atom. The molecule has 1 fully saturated rings. The summed E-state index contributed by atoms with van der Waals surface area (Å²) >= 11 is 0. The molecule has 7 heteroatoms. The number of benzene rings is 3. The first kappa shape index (κ1) is 22.5. The lowest BCUT2D eigenvalue weighted by atomic mass is 10.1. The lowest BCUT2D eigenvalue weighted by Crippen LogP contribution is -2.41. The molecule has 0 bridgehead atoms. The highest BCUT2D eigenvalue weighted by molar-refractivity contribution is 6.04. The predicted octanol–water partition coefficient (Wildman–Crippen LogP) is 3.79. The van der Waals surface area contributed by atoms with Crippen LogP contribution in [-0.4, -0.2) is 56.1 Å². The van der Waals surface area contributed by atoms with Gasteiger partial charge in [-0.15, -0.1) is 0 Å². The molecule has 0 saturated carbocycles. The van der Waals surface area contributed by atoms with E-state index in [4.69, 9.17) is 9.47 Å². The van der Waals surface area contributed by atoms with Crippen molar-refractivity contribution in [3.8, 4) is 11.5 Å². The molecule has 3 aromatic carbocycles. The molecule has 7 nitrogen and oxygen atoms in total. The van der Waals surface area contributed by atoms with E-state index >= 15 is 0 Å². The minimum absolute atomic E-state index is 0.129. The van der Waals surface area contributed by atoms with Gasteiger partial charge in [0.05, 0.1) is 13.2 Å². The molecule has 3 aromatic rings. The second kappa shape index (κ2) is 11.3. The molecule has 33 heavy (non-hydrogen) atoms. The van der Waals surface area contributed by atoms with Gasteiger partial charge in [-0.3, -0.25) is 14.5 Å². The van der Waals surface area contributed by atoms with Crippen LogP contribution in [0.5, 0.6) is 11.5 Å². The monoisotopic (exact) mass is 445 g/mol. The predicted molar refractivity (Wildman–Crippen MR) is 127 cm³/mol. The van der Waals surface area contributed by atoms with E-state index < -0.39 is 0 Å². The minimum atomic E-state index is -0.232. The third kappa shape index (κ3) is 6.65. The van der Waals surface area contributed by atoms with Gasteiger partial charge in [-0.1, -0.05) is 18.2 Å². The molecule has 170 valence electrons. The molecule has 1 aliphatic heterocycles. The number of para-hydroxylation sites is 1. The summed E-state index contributed by atoms with van der Waals surface area (Å²) in [5, 5.41) is 5.78. The zero-order valence-electron chi connectivity index (χ0n) is 18.3. The van der Waals surface area contributed by atoms with Gasteiger partial charge >= 0.3 is 0 Å². The van der Waals surface area contributed by atoms with Crippen LogP contribution in [0.25, 0.3) is 0 Å². The van der Waals surface area contributed by atoms with Crippen molar-refractivity contribution in [3.05, 3.63) is 90.0 Å². The van der Waals surface area contributed by atoms with Gasteiger partial charge in [0.2, 0.25) is 0 Å². The Morgan fingerprint density at radius 3 is 2.09 bits per heavy atom. The van der Waals surface area contributed by atoms with E-state index in [2.05, 4.69) is 15.5 Å². The summed E-state index contributed by atoms with van der Waals surface area (Å²) in [6.45, 7) is 4.67. The molecule has 0 aliphatic carbocycles. The number of hydrogen-bond acceptors (Lipinski definition) is 5. The number of hydrogen-bond donors (Lipinski definition) is 2. The summed E-state index contributed by atoms with van der Waals surface area (Å²) in [6.07, 6.45) is 0. The van der Waals surface area contributed by atoms with Crippen LogP contribution in [-0.2, 0) is 4.74 Å². The molecule has 1 aliphatic rings. The minimum Gasteiger partial charge on any atom is -0.457 e. The standard InChI is InChI=1S/C26H27N3O4/c30-25(27-14-15-29-16-18-32-19-17-29)20-6-10-22(11-7-20)28-26(31)21-8-12-24(13-9-21)33-23-4-2-1-3-5-23/h1-13H,14-19H2,(H,27,30)(H,28,31). The number of nitrogens with one attached hydrogen (secondary N) is 2. The summed E-state index contributed by atoms with van der Waals surface area (Å²) in [7, 11) is 0. The maximum Gasteiger partial charge on any atom is 0.255 e. The van der Waals surface area contributed by atoms with E-state index in [1.165, 1.54) is 0 Å². The first-order chi connectivity index (χ1) is 16.2. The summed E-state index contributed by atoms with van der Waals surface area (Å²) in [4.78, 5) is 27.2. The summed E-state index contributed by atoms with van der Waals surface area (Å²) in [6, 6.07) is 23.3. The summed E-state index contributed by atoms with van der Waals surface area (Å²) < 4.78 is 11.1. The Hall–Kier alpha value is -3.68. The lowest BCUT2D eigenvalue weighted by molar-refractivity contribution is 0.0383. The molecule has 2 N–H and O–H groups in total. The second-order valence-corrected chi connectivity index (χ2v) is 7.68. The maximum atomic E-state index is 12.5. The van der Waals surface area contributed by atoms with Gasteiger partial charge in [-0.05, 0) is 60.7 Å². The van der Waals surface area contributed by atoms with Crippen molar-refractivity contribution < 1.29 is 19.1 Å². The van der Waals surface area contributed by atoms with E-state index in [1.807, 2.05) is 30.3 Å². The van der Waals surface area contributed by atoms with Crippen LogP contribution in [0, 0.1) is 0 Å². The van der Waals surface area contributed by atoms with Crippen LogP contribution < -0.4 is 15.4 Å². The fraction of sp³-hybridized carbons (Fsp3) is 0.231. The van der Waals surface area contributed by atoms with Crippen LogP contribution in [0.2, 0.25) is 0 Å². The van der Waals surface area contributed by atoms with Crippen molar-refractivity contribution in [2.75, 3.05) is 44.7 Å². The van der Waals surface area contributed by atoms with Crippen LogP contribution >= 0.6 is 0 Å². The number of rotatable bonds is 8. The van der Waals surface area contributed by atoms with E-state index in [0.717, 1.165) is 38.6 Å². The van der Waals surface area contributed by atoms with E-state index in [0.29, 0.717) is 29.1 Å². The van der Waals surface area contributed by atoms with Gasteiger partial charge in [-0.25, -0.2) is 0 Å². The molecule has 4 rings (SSSR count).